The molecule has 0 N–H and O–H groups in total. The van der Waals surface area contributed by atoms with Crippen LogP contribution in [-0.2, 0) is 0 Å². The Hall–Kier alpha value is -1.36. The van der Waals surface area contributed by atoms with Gasteiger partial charge in [0, 0.05) is 0 Å². The van der Waals surface area contributed by atoms with Gasteiger partial charge in [0.1, 0.15) is 6.17 Å². The number of nitrogens with zero attached hydrogens (tertiary/aromatic N) is 1. The van der Waals surface area contributed by atoms with Gasteiger partial charge in [0.05, 0.1) is 11.6 Å². The van der Waals surface area contributed by atoms with Gasteiger partial charge in [-0.05, 0) is 49.3 Å². The largest absolute Gasteiger partial charge is 0.247 e. The minimum Gasteiger partial charge on any atom is -0.247 e. The van der Waals surface area contributed by atoms with Crippen LogP contribution in [0.4, 0.5) is 4.39 Å². The fourth-order valence-electron chi connectivity index (χ4n) is 2.22. The van der Waals surface area contributed by atoms with Crippen LogP contribution < -0.4 is 0 Å². The number of halogens is 1. The molecule has 0 atom stereocenters. The van der Waals surface area contributed by atoms with Gasteiger partial charge in [-0.2, -0.15) is 5.26 Å². The van der Waals surface area contributed by atoms with Crippen molar-refractivity contribution < 1.29 is 4.39 Å². The number of rotatable bonds is 1. The van der Waals surface area contributed by atoms with Gasteiger partial charge in [-0.1, -0.05) is 12.1 Å². The molecule has 1 nitrogen and oxygen atoms in total. The third kappa shape index (κ3) is 2.36. The first-order valence-electron chi connectivity index (χ1n) is 5.43. The third-order valence-electron chi connectivity index (χ3n) is 3.17. The quantitative estimate of drug-likeness (QED) is 0.684. The minimum atomic E-state index is -0.598. The molecule has 15 heavy (non-hydrogen) atoms. The maximum Gasteiger partial charge on any atom is 0.100 e. The molecule has 2 heteroatoms. The highest BCUT2D eigenvalue weighted by Gasteiger charge is 2.21. The Kier molecular flexibility index (Phi) is 3.01. The fourth-order valence-corrected chi connectivity index (χ4v) is 2.22. The second-order valence-corrected chi connectivity index (χ2v) is 4.18. The second-order valence-electron chi connectivity index (χ2n) is 4.18. The number of nitriles is 1. The normalized spacial score (nSPS) is 25.9. The van der Waals surface area contributed by atoms with E-state index < -0.39 is 6.17 Å². The van der Waals surface area contributed by atoms with Crippen molar-refractivity contribution >= 4 is 0 Å². The van der Waals surface area contributed by atoms with Gasteiger partial charge in [0.15, 0.2) is 0 Å². The Balaban J connectivity index is 2.07. The Morgan fingerprint density at radius 3 is 2.20 bits per heavy atom. The summed E-state index contributed by atoms with van der Waals surface area (Å²) in [5.74, 6) is 0.491. The molecular formula is C13H14FN. The summed E-state index contributed by atoms with van der Waals surface area (Å²) < 4.78 is 12.9. The molecule has 0 unspecified atom stereocenters. The van der Waals surface area contributed by atoms with E-state index >= 15 is 0 Å². The van der Waals surface area contributed by atoms with E-state index in [-0.39, 0.29) is 0 Å². The minimum absolute atomic E-state index is 0.491. The first-order valence-corrected chi connectivity index (χ1v) is 5.43. The van der Waals surface area contributed by atoms with Crippen molar-refractivity contribution in [3.63, 3.8) is 0 Å². The second kappa shape index (κ2) is 4.44. The van der Waals surface area contributed by atoms with Gasteiger partial charge in [-0.15, -0.1) is 0 Å². The molecule has 0 saturated heterocycles. The molecule has 1 aromatic rings. The number of alkyl halides is 1. The van der Waals surface area contributed by atoms with Crippen LogP contribution in [0.15, 0.2) is 24.3 Å². The molecule has 1 saturated carbocycles. The molecule has 1 fully saturated rings. The predicted octanol–water partition coefficient (Wildman–Crippen LogP) is 3.55. The molecule has 1 aromatic carbocycles. The van der Waals surface area contributed by atoms with E-state index in [0.717, 1.165) is 12.8 Å². The number of hydrogen-bond donors (Lipinski definition) is 0. The lowest BCUT2D eigenvalue weighted by Crippen LogP contribution is -2.13. The van der Waals surface area contributed by atoms with Gasteiger partial charge in [-0.3, -0.25) is 0 Å². The summed E-state index contributed by atoms with van der Waals surface area (Å²) in [6.45, 7) is 0. The van der Waals surface area contributed by atoms with Crippen LogP contribution in [0.5, 0.6) is 0 Å². The summed E-state index contributed by atoms with van der Waals surface area (Å²) in [4.78, 5) is 0. The van der Waals surface area contributed by atoms with Crippen LogP contribution in [0, 0.1) is 11.3 Å². The third-order valence-corrected chi connectivity index (χ3v) is 3.17. The van der Waals surface area contributed by atoms with E-state index in [1.54, 1.807) is 0 Å². The van der Waals surface area contributed by atoms with Gasteiger partial charge in [0.2, 0.25) is 0 Å². The summed E-state index contributed by atoms with van der Waals surface area (Å²) in [5.41, 5.74) is 1.94. The maximum absolute atomic E-state index is 12.9. The van der Waals surface area contributed by atoms with Crippen molar-refractivity contribution in [3.05, 3.63) is 35.4 Å². The van der Waals surface area contributed by atoms with Crippen LogP contribution in [0.2, 0.25) is 0 Å². The standard InChI is InChI=1S/C13H14FN/c14-13-7-5-12(6-8-13)11-3-1-10(9-15)2-4-11/h1-4,12-13H,5-8H2. The lowest BCUT2D eigenvalue weighted by Gasteiger charge is -2.24. The first-order chi connectivity index (χ1) is 7.29. The van der Waals surface area contributed by atoms with Crippen LogP contribution >= 0.6 is 0 Å². The van der Waals surface area contributed by atoms with E-state index in [1.165, 1.54) is 5.56 Å². The fraction of sp³-hybridized carbons (Fsp3) is 0.462. The lowest BCUT2D eigenvalue weighted by atomic mass is 9.83. The van der Waals surface area contributed by atoms with Gasteiger partial charge < -0.3 is 0 Å². The molecule has 1 aliphatic carbocycles. The summed E-state index contributed by atoms with van der Waals surface area (Å²) in [5, 5.41) is 8.67. The van der Waals surface area contributed by atoms with Crippen LogP contribution in [0.1, 0.15) is 42.7 Å². The Bertz CT molecular complexity index is 355. The van der Waals surface area contributed by atoms with Crippen LogP contribution in [-0.4, -0.2) is 6.17 Å². The van der Waals surface area contributed by atoms with Crippen LogP contribution in [0.3, 0.4) is 0 Å². The smallest absolute Gasteiger partial charge is 0.100 e. The highest BCUT2D eigenvalue weighted by atomic mass is 19.1. The van der Waals surface area contributed by atoms with Crippen molar-refractivity contribution in [2.45, 2.75) is 37.8 Å². The zero-order chi connectivity index (χ0) is 10.7. The van der Waals surface area contributed by atoms with E-state index in [0.29, 0.717) is 24.3 Å². The predicted molar refractivity (Wildman–Crippen MR) is 57.3 cm³/mol. The SMILES string of the molecule is N#Cc1ccc(C2CCC(F)CC2)cc1. The molecule has 1 aliphatic rings. The van der Waals surface area contributed by atoms with E-state index in [2.05, 4.69) is 6.07 Å². The average molecular weight is 203 g/mol. The van der Waals surface area contributed by atoms with Gasteiger partial charge in [0.25, 0.3) is 0 Å². The van der Waals surface area contributed by atoms with Crippen molar-refractivity contribution in [3.8, 4) is 6.07 Å². The molecule has 0 amide bonds. The zero-order valence-corrected chi connectivity index (χ0v) is 8.62. The molecular weight excluding hydrogens is 189 g/mol. The molecule has 2 rings (SSSR count). The van der Waals surface area contributed by atoms with Gasteiger partial charge in [-0.25, -0.2) is 4.39 Å². The number of hydrogen-bond acceptors (Lipinski definition) is 1. The Morgan fingerprint density at radius 1 is 1.07 bits per heavy atom. The van der Waals surface area contributed by atoms with E-state index in [1.807, 2.05) is 24.3 Å². The molecule has 0 spiro atoms. The highest BCUT2D eigenvalue weighted by Crippen LogP contribution is 2.33. The van der Waals surface area contributed by atoms with Crippen LogP contribution in [0.25, 0.3) is 0 Å². The van der Waals surface area contributed by atoms with E-state index in [9.17, 15) is 4.39 Å². The maximum atomic E-state index is 12.9. The zero-order valence-electron chi connectivity index (χ0n) is 8.62. The average Bonchev–Trinajstić information content (AvgIpc) is 2.30. The Labute approximate surface area is 89.5 Å². The summed E-state index contributed by atoms with van der Waals surface area (Å²) >= 11 is 0. The first kappa shape index (κ1) is 10.2. The number of benzene rings is 1. The summed E-state index contributed by atoms with van der Waals surface area (Å²) in [7, 11) is 0. The van der Waals surface area contributed by atoms with Crippen molar-refractivity contribution in [1.29, 1.82) is 5.26 Å². The Morgan fingerprint density at radius 2 is 1.67 bits per heavy atom. The monoisotopic (exact) mass is 203 g/mol. The molecule has 0 aromatic heterocycles. The lowest BCUT2D eigenvalue weighted by molar-refractivity contribution is 0.235. The van der Waals surface area contributed by atoms with Crippen molar-refractivity contribution in [2.24, 2.45) is 0 Å². The van der Waals surface area contributed by atoms with Crippen molar-refractivity contribution in [2.75, 3.05) is 0 Å². The van der Waals surface area contributed by atoms with Gasteiger partial charge >= 0.3 is 0 Å². The topological polar surface area (TPSA) is 23.8 Å². The van der Waals surface area contributed by atoms with E-state index in [4.69, 9.17) is 5.26 Å². The highest BCUT2D eigenvalue weighted by molar-refractivity contribution is 5.33. The summed E-state index contributed by atoms with van der Waals surface area (Å²) in [6.07, 6.45) is 2.65. The molecule has 0 heterocycles. The molecule has 78 valence electrons. The summed E-state index contributed by atoms with van der Waals surface area (Å²) in [6, 6.07) is 9.80. The molecule has 0 bridgehead atoms. The molecule has 0 aliphatic heterocycles. The molecule has 0 radical (unpaired) electrons. The van der Waals surface area contributed by atoms with Crippen molar-refractivity contribution in [1.82, 2.24) is 0 Å².